The fraction of sp³-hybridized carbons (Fsp3) is 0.556. The number of nitrogens with zero attached hydrogens (tertiary/aromatic N) is 5. The van der Waals surface area contributed by atoms with E-state index < -0.39 is 0 Å². The largest absolute Gasteiger partial charge is 0.364 e. The molecule has 0 saturated carbocycles. The van der Waals surface area contributed by atoms with Crippen LogP contribution in [0.15, 0.2) is 24.8 Å². The van der Waals surface area contributed by atoms with Crippen molar-refractivity contribution in [3.63, 3.8) is 0 Å². The molecule has 0 radical (unpaired) electrons. The Hall–Kier alpha value is -2.12. The van der Waals surface area contributed by atoms with Gasteiger partial charge in [-0.15, -0.1) is 0 Å². The summed E-state index contributed by atoms with van der Waals surface area (Å²) in [6, 6.07) is 0.459. The van der Waals surface area contributed by atoms with Crippen LogP contribution in [0.4, 0.5) is 5.82 Å². The van der Waals surface area contributed by atoms with E-state index in [1.807, 2.05) is 32.7 Å². The number of hydrazine groups is 1. The van der Waals surface area contributed by atoms with E-state index in [2.05, 4.69) is 55.1 Å². The van der Waals surface area contributed by atoms with Gasteiger partial charge in [0.15, 0.2) is 11.5 Å². The van der Waals surface area contributed by atoms with Crippen molar-refractivity contribution in [2.75, 3.05) is 39.0 Å². The Morgan fingerprint density at radius 2 is 2.12 bits per heavy atom. The molecule has 2 aromatic heterocycles. The zero-order valence-electron chi connectivity index (χ0n) is 15.7. The lowest BCUT2D eigenvalue weighted by Gasteiger charge is -2.26. The van der Waals surface area contributed by atoms with Gasteiger partial charge in [0, 0.05) is 45.3 Å². The molecule has 2 N–H and O–H groups in total. The van der Waals surface area contributed by atoms with Gasteiger partial charge in [-0.25, -0.2) is 15.0 Å². The van der Waals surface area contributed by atoms with E-state index in [1.165, 1.54) is 5.57 Å². The minimum absolute atomic E-state index is 0.459. The first-order valence-electron chi connectivity index (χ1n) is 9.02. The lowest BCUT2D eigenvalue weighted by molar-refractivity contribution is 0.0899. The van der Waals surface area contributed by atoms with Crippen molar-refractivity contribution in [3.05, 3.63) is 30.5 Å². The van der Waals surface area contributed by atoms with E-state index in [0.29, 0.717) is 6.04 Å². The Labute approximate surface area is 149 Å². The second-order valence-electron chi connectivity index (χ2n) is 6.70. The third-order valence-electron chi connectivity index (χ3n) is 4.69. The molecule has 0 aliphatic carbocycles. The predicted molar refractivity (Wildman–Crippen MR) is 102 cm³/mol. The van der Waals surface area contributed by atoms with Crippen LogP contribution < -0.4 is 10.6 Å². The molecule has 1 aliphatic rings. The molecule has 1 saturated heterocycles. The minimum atomic E-state index is 0.459. The van der Waals surface area contributed by atoms with Crippen LogP contribution in [-0.2, 0) is 0 Å². The number of anilines is 1. The Balaban J connectivity index is 1.88. The summed E-state index contributed by atoms with van der Waals surface area (Å²) in [7, 11) is 4.10. The van der Waals surface area contributed by atoms with Crippen LogP contribution in [0.2, 0.25) is 0 Å². The summed E-state index contributed by atoms with van der Waals surface area (Å²) in [6.07, 6.45) is 10.1. The first-order valence-corrected chi connectivity index (χ1v) is 9.02. The highest BCUT2D eigenvalue weighted by Crippen LogP contribution is 2.22. The second-order valence-corrected chi connectivity index (χ2v) is 6.70. The number of piperidine rings is 1. The van der Waals surface area contributed by atoms with E-state index >= 15 is 0 Å². The summed E-state index contributed by atoms with van der Waals surface area (Å²) in [5, 5.41) is 11.2. The number of imidazole rings is 1. The maximum absolute atomic E-state index is 4.63. The van der Waals surface area contributed by atoms with Crippen molar-refractivity contribution < 1.29 is 0 Å². The molecule has 0 atom stereocenters. The zero-order chi connectivity index (χ0) is 17.8. The Morgan fingerprint density at radius 1 is 1.36 bits per heavy atom. The third-order valence-corrected chi connectivity index (χ3v) is 4.69. The summed E-state index contributed by atoms with van der Waals surface area (Å²) >= 11 is 0. The standard InChI is InChI=1S/C18H29N7/c1-5-24(23(3)4)13-14(2)16-12-21-18-17(20-10-11-25(16)18)22-15-6-8-19-9-7-15/h10-13,15,19H,5-9H2,1-4H3,(H,20,22)/b14-13+. The van der Waals surface area contributed by atoms with Gasteiger partial charge in [-0.1, -0.05) is 0 Å². The number of hydrogen-bond acceptors (Lipinski definition) is 6. The quantitative estimate of drug-likeness (QED) is 0.783. The van der Waals surface area contributed by atoms with E-state index in [4.69, 9.17) is 0 Å². The van der Waals surface area contributed by atoms with Gasteiger partial charge >= 0.3 is 0 Å². The van der Waals surface area contributed by atoms with E-state index in [1.54, 1.807) is 0 Å². The van der Waals surface area contributed by atoms with Crippen molar-refractivity contribution >= 4 is 17.0 Å². The van der Waals surface area contributed by atoms with Crippen LogP contribution in [0.5, 0.6) is 0 Å². The highest BCUT2D eigenvalue weighted by Gasteiger charge is 2.16. The molecule has 0 unspecified atom stereocenters. The fourth-order valence-corrected chi connectivity index (χ4v) is 3.25. The van der Waals surface area contributed by atoms with Gasteiger partial charge in [0.1, 0.15) is 0 Å². The molecule has 136 valence electrons. The lowest BCUT2D eigenvalue weighted by atomic mass is 10.1. The second kappa shape index (κ2) is 7.84. The first-order chi connectivity index (χ1) is 12.1. The van der Waals surface area contributed by atoms with E-state index in [-0.39, 0.29) is 0 Å². The number of aromatic nitrogens is 3. The maximum Gasteiger partial charge on any atom is 0.180 e. The molecule has 0 bridgehead atoms. The topological polar surface area (TPSA) is 60.7 Å². The summed E-state index contributed by atoms with van der Waals surface area (Å²) in [4.78, 5) is 9.16. The number of fused-ring (bicyclic) bond motifs is 1. The first kappa shape index (κ1) is 17.7. The SMILES string of the molecule is CCN(/C=C(\C)c1cnc2c(NC3CCNCC3)nccn12)N(C)C. The van der Waals surface area contributed by atoms with Gasteiger partial charge in [0.25, 0.3) is 0 Å². The molecule has 0 amide bonds. The highest BCUT2D eigenvalue weighted by atomic mass is 15.6. The number of nitrogens with one attached hydrogen (secondary N) is 2. The highest BCUT2D eigenvalue weighted by molar-refractivity contribution is 5.69. The van der Waals surface area contributed by atoms with Crippen LogP contribution in [0.3, 0.4) is 0 Å². The third kappa shape index (κ3) is 3.93. The molecule has 3 heterocycles. The molecule has 3 rings (SSSR count). The van der Waals surface area contributed by atoms with Crippen LogP contribution in [0.25, 0.3) is 11.2 Å². The van der Waals surface area contributed by atoms with Crippen LogP contribution in [0.1, 0.15) is 32.4 Å². The maximum atomic E-state index is 4.63. The summed E-state index contributed by atoms with van der Waals surface area (Å²) in [5.41, 5.74) is 3.14. The Morgan fingerprint density at radius 3 is 2.80 bits per heavy atom. The molecule has 0 aromatic carbocycles. The molecule has 0 spiro atoms. The van der Waals surface area contributed by atoms with Crippen molar-refractivity contribution in [2.24, 2.45) is 0 Å². The molecule has 25 heavy (non-hydrogen) atoms. The smallest absolute Gasteiger partial charge is 0.180 e. The average molecular weight is 343 g/mol. The van der Waals surface area contributed by atoms with E-state index in [0.717, 1.165) is 49.6 Å². The van der Waals surface area contributed by atoms with Crippen molar-refractivity contribution in [2.45, 2.75) is 32.7 Å². The van der Waals surface area contributed by atoms with Gasteiger partial charge < -0.3 is 15.6 Å². The van der Waals surface area contributed by atoms with Gasteiger partial charge in [-0.2, -0.15) is 0 Å². The number of hydrogen-bond donors (Lipinski definition) is 2. The molecule has 7 heteroatoms. The molecular formula is C18H29N7. The van der Waals surface area contributed by atoms with Crippen LogP contribution >= 0.6 is 0 Å². The fourth-order valence-electron chi connectivity index (χ4n) is 3.25. The molecule has 2 aromatic rings. The van der Waals surface area contributed by atoms with E-state index in [9.17, 15) is 0 Å². The van der Waals surface area contributed by atoms with Crippen molar-refractivity contribution in [1.82, 2.24) is 29.7 Å². The summed E-state index contributed by atoms with van der Waals surface area (Å²) in [5.74, 6) is 0.869. The average Bonchev–Trinajstić information content (AvgIpc) is 3.05. The molecular weight excluding hydrogens is 314 g/mol. The predicted octanol–water partition coefficient (Wildman–Crippen LogP) is 2.05. The number of allylic oxidation sites excluding steroid dienone is 1. The molecule has 1 aliphatic heterocycles. The zero-order valence-corrected chi connectivity index (χ0v) is 15.7. The van der Waals surface area contributed by atoms with Crippen molar-refractivity contribution in [3.8, 4) is 0 Å². The van der Waals surface area contributed by atoms with Crippen LogP contribution in [0, 0.1) is 0 Å². The molecule has 7 nitrogen and oxygen atoms in total. The monoisotopic (exact) mass is 343 g/mol. The minimum Gasteiger partial charge on any atom is -0.364 e. The lowest BCUT2D eigenvalue weighted by Crippen LogP contribution is -2.35. The van der Waals surface area contributed by atoms with Gasteiger partial charge in [-0.3, -0.25) is 4.40 Å². The Kier molecular flexibility index (Phi) is 5.55. The summed E-state index contributed by atoms with van der Waals surface area (Å²) < 4.78 is 2.12. The van der Waals surface area contributed by atoms with Crippen molar-refractivity contribution in [1.29, 1.82) is 0 Å². The number of rotatable bonds is 6. The van der Waals surface area contributed by atoms with Gasteiger partial charge in [0.05, 0.1) is 11.9 Å². The normalized spacial score (nSPS) is 16.6. The molecule has 1 fully saturated rings. The van der Waals surface area contributed by atoms with Gasteiger partial charge in [0.2, 0.25) is 0 Å². The summed E-state index contributed by atoms with van der Waals surface area (Å²) in [6.45, 7) is 7.30. The van der Waals surface area contributed by atoms with Crippen LogP contribution in [-0.4, -0.2) is 64.2 Å². The van der Waals surface area contributed by atoms with Gasteiger partial charge in [-0.05, 0) is 45.4 Å². The Bertz CT molecular complexity index is 728.